The minimum Gasteiger partial charge on any atom is -0.467 e. The first kappa shape index (κ1) is 15.6. The molecule has 2 aromatic carbocycles. The van der Waals surface area contributed by atoms with Gasteiger partial charge in [-0.2, -0.15) is 0 Å². The number of carbonyl (C=O) groups excluding carboxylic acids is 2. The molecule has 2 rings (SSSR count). The van der Waals surface area contributed by atoms with Gasteiger partial charge in [-0.25, -0.2) is 13.6 Å². The van der Waals surface area contributed by atoms with Crippen molar-refractivity contribution in [3.8, 4) is 0 Å². The maximum absolute atomic E-state index is 13.8. The largest absolute Gasteiger partial charge is 0.467 e. The smallest absolute Gasteiger partial charge is 0.333 e. The molecule has 0 aliphatic heterocycles. The number of ether oxygens (including phenoxy) is 1. The molecule has 22 heavy (non-hydrogen) atoms. The molecule has 0 radical (unpaired) electrons. The molecule has 6 heteroatoms. The lowest BCUT2D eigenvalue weighted by molar-refractivity contribution is -0.143. The summed E-state index contributed by atoms with van der Waals surface area (Å²) < 4.78 is 31.7. The maximum atomic E-state index is 13.8. The van der Waals surface area contributed by atoms with Crippen molar-refractivity contribution in [1.82, 2.24) is 5.32 Å². The molecule has 114 valence electrons. The monoisotopic (exact) mass is 305 g/mol. The van der Waals surface area contributed by atoms with Gasteiger partial charge in [-0.1, -0.05) is 18.2 Å². The molecule has 0 saturated heterocycles. The van der Waals surface area contributed by atoms with E-state index < -0.39 is 29.6 Å². The van der Waals surface area contributed by atoms with Crippen molar-refractivity contribution in [3.63, 3.8) is 0 Å². The van der Waals surface area contributed by atoms with Crippen LogP contribution in [0, 0.1) is 11.6 Å². The third-order valence-electron chi connectivity index (χ3n) is 3.02. The van der Waals surface area contributed by atoms with E-state index in [0.717, 1.165) is 25.3 Å². The number of benzene rings is 2. The normalized spacial score (nSPS) is 11.6. The van der Waals surface area contributed by atoms with Crippen LogP contribution in [0.25, 0.3) is 0 Å². The maximum Gasteiger partial charge on any atom is 0.333 e. The molecule has 4 nitrogen and oxygen atoms in total. The van der Waals surface area contributed by atoms with Gasteiger partial charge in [0.15, 0.2) is 6.04 Å². The van der Waals surface area contributed by atoms with Crippen LogP contribution in [0.2, 0.25) is 0 Å². The standard InChI is InChI=1S/C16H13F2NO3/c1-22-16(21)14(12-9-11(17)7-8-13(12)18)19-15(20)10-5-3-2-4-6-10/h2-9,14H,1H3,(H,19,20)/t14-/m1/s1. The van der Waals surface area contributed by atoms with Gasteiger partial charge >= 0.3 is 5.97 Å². The van der Waals surface area contributed by atoms with Crippen LogP contribution in [0.15, 0.2) is 48.5 Å². The van der Waals surface area contributed by atoms with E-state index in [-0.39, 0.29) is 11.1 Å². The molecule has 0 fully saturated rings. The number of methoxy groups -OCH3 is 1. The highest BCUT2D eigenvalue weighted by Crippen LogP contribution is 2.20. The summed E-state index contributed by atoms with van der Waals surface area (Å²) >= 11 is 0. The van der Waals surface area contributed by atoms with Crippen LogP contribution in [0.4, 0.5) is 8.78 Å². The molecule has 1 atom stereocenters. The zero-order valence-electron chi connectivity index (χ0n) is 11.7. The number of nitrogens with one attached hydrogen (secondary N) is 1. The summed E-state index contributed by atoms with van der Waals surface area (Å²) in [5.41, 5.74) is -0.00987. The molecule has 1 amide bonds. The number of hydrogen-bond acceptors (Lipinski definition) is 3. The van der Waals surface area contributed by atoms with Crippen molar-refractivity contribution in [2.45, 2.75) is 6.04 Å². The zero-order valence-corrected chi connectivity index (χ0v) is 11.7. The Morgan fingerprint density at radius 1 is 1.09 bits per heavy atom. The predicted octanol–water partition coefficient (Wildman–Crippen LogP) is 2.61. The number of hydrogen-bond donors (Lipinski definition) is 1. The number of carbonyl (C=O) groups is 2. The SMILES string of the molecule is COC(=O)[C@H](NC(=O)c1ccccc1)c1cc(F)ccc1F. The molecule has 0 heterocycles. The van der Waals surface area contributed by atoms with Crippen molar-refractivity contribution in [3.05, 3.63) is 71.3 Å². The van der Waals surface area contributed by atoms with E-state index in [4.69, 9.17) is 0 Å². The van der Waals surface area contributed by atoms with E-state index in [1.54, 1.807) is 18.2 Å². The number of halogens is 2. The highest BCUT2D eigenvalue weighted by molar-refractivity contribution is 5.97. The third kappa shape index (κ3) is 3.46. The van der Waals surface area contributed by atoms with Crippen LogP contribution in [0.3, 0.4) is 0 Å². The fourth-order valence-corrected chi connectivity index (χ4v) is 1.92. The van der Waals surface area contributed by atoms with Crippen LogP contribution in [-0.4, -0.2) is 19.0 Å². The van der Waals surface area contributed by atoms with E-state index in [0.29, 0.717) is 0 Å². The first-order chi connectivity index (χ1) is 10.5. The molecule has 0 aliphatic rings. The Balaban J connectivity index is 2.33. The van der Waals surface area contributed by atoms with Crippen molar-refractivity contribution in [1.29, 1.82) is 0 Å². The van der Waals surface area contributed by atoms with E-state index >= 15 is 0 Å². The van der Waals surface area contributed by atoms with Crippen LogP contribution >= 0.6 is 0 Å². The molecule has 0 unspecified atom stereocenters. The van der Waals surface area contributed by atoms with E-state index in [2.05, 4.69) is 10.1 Å². The van der Waals surface area contributed by atoms with E-state index in [1.807, 2.05) is 0 Å². The topological polar surface area (TPSA) is 55.4 Å². The number of esters is 1. The third-order valence-corrected chi connectivity index (χ3v) is 3.02. The number of rotatable bonds is 4. The second-order valence-electron chi connectivity index (χ2n) is 4.46. The average molecular weight is 305 g/mol. The first-order valence-electron chi connectivity index (χ1n) is 6.41. The fraction of sp³-hybridized carbons (Fsp3) is 0.125. The minimum atomic E-state index is -1.44. The summed E-state index contributed by atoms with van der Waals surface area (Å²) in [6.45, 7) is 0. The van der Waals surface area contributed by atoms with Crippen LogP contribution in [-0.2, 0) is 9.53 Å². The Bertz CT molecular complexity index is 689. The molecule has 0 saturated carbocycles. The Labute approximate surface area is 125 Å². The Kier molecular flexibility index (Phi) is 4.83. The van der Waals surface area contributed by atoms with Crippen molar-refractivity contribution < 1.29 is 23.1 Å². The van der Waals surface area contributed by atoms with Crippen LogP contribution in [0.5, 0.6) is 0 Å². The van der Waals surface area contributed by atoms with Gasteiger partial charge in [-0.05, 0) is 30.3 Å². The predicted molar refractivity (Wildman–Crippen MR) is 75.0 cm³/mol. The molecule has 0 spiro atoms. The first-order valence-corrected chi connectivity index (χ1v) is 6.41. The highest BCUT2D eigenvalue weighted by Gasteiger charge is 2.27. The Morgan fingerprint density at radius 2 is 1.77 bits per heavy atom. The van der Waals surface area contributed by atoms with Gasteiger partial charge in [0.05, 0.1) is 7.11 Å². The molecular formula is C16H13F2NO3. The van der Waals surface area contributed by atoms with Crippen molar-refractivity contribution in [2.75, 3.05) is 7.11 Å². The lowest BCUT2D eigenvalue weighted by Gasteiger charge is -2.17. The fourth-order valence-electron chi connectivity index (χ4n) is 1.92. The summed E-state index contributed by atoms with van der Waals surface area (Å²) in [5, 5.41) is 2.35. The quantitative estimate of drug-likeness (QED) is 0.883. The zero-order chi connectivity index (χ0) is 16.1. The summed E-state index contributed by atoms with van der Waals surface area (Å²) in [5.74, 6) is -3.03. The molecular weight excluding hydrogens is 292 g/mol. The lowest BCUT2D eigenvalue weighted by Crippen LogP contribution is -2.35. The van der Waals surface area contributed by atoms with Gasteiger partial charge in [-0.3, -0.25) is 4.79 Å². The Morgan fingerprint density at radius 3 is 2.41 bits per heavy atom. The Hall–Kier alpha value is -2.76. The van der Waals surface area contributed by atoms with Gasteiger partial charge < -0.3 is 10.1 Å². The van der Waals surface area contributed by atoms with Gasteiger partial charge in [0.25, 0.3) is 5.91 Å². The molecule has 0 bridgehead atoms. The number of amides is 1. The molecule has 0 aliphatic carbocycles. The van der Waals surface area contributed by atoms with E-state index in [9.17, 15) is 18.4 Å². The van der Waals surface area contributed by atoms with Crippen molar-refractivity contribution >= 4 is 11.9 Å². The molecule has 0 aromatic heterocycles. The second kappa shape index (κ2) is 6.80. The van der Waals surface area contributed by atoms with Crippen LogP contribution in [0.1, 0.15) is 22.0 Å². The molecule has 2 aromatic rings. The summed E-state index contributed by atoms with van der Waals surface area (Å²) in [7, 11) is 1.10. The minimum absolute atomic E-state index is 0.285. The van der Waals surface area contributed by atoms with Crippen LogP contribution < -0.4 is 5.32 Å². The summed E-state index contributed by atoms with van der Waals surface area (Å²) in [6.07, 6.45) is 0. The van der Waals surface area contributed by atoms with Crippen molar-refractivity contribution in [2.24, 2.45) is 0 Å². The second-order valence-corrected chi connectivity index (χ2v) is 4.46. The lowest BCUT2D eigenvalue weighted by atomic mass is 10.1. The van der Waals surface area contributed by atoms with Gasteiger partial charge in [0.2, 0.25) is 0 Å². The van der Waals surface area contributed by atoms with E-state index in [1.165, 1.54) is 12.1 Å². The van der Waals surface area contributed by atoms with Gasteiger partial charge in [0, 0.05) is 11.1 Å². The van der Waals surface area contributed by atoms with Gasteiger partial charge in [-0.15, -0.1) is 0 Å². The highest BCUT2D eigenvalue weighted by atomic mass is 19.1. The molecule has 1 N–H and O–H groups in total. The summed E-state index contributed by atoms with van der Waals surface area (Å²) in [4.78, 5) is 23.9. The summed E-state index contributed by atoms with van der Waals surface area (Å²) in [6, 6.07) is 9.30. The average Bonchev–Trinajstić information content (AvgIpc) is 2.55. The van der Waals surface area contributed by atoms with Gasteiger partial charge in [0.1, 0.15) is 11.6 Å².